The highest BCUT2D eigenvalue weighted by Crippen LogP contribution is 2.68. The van der Waals surface area contributed by atoms with Gasteiger partial charge < -0.3 is 18.9 Å². The maximum atomic E-state index is 12.6. The molecule has 2 aliphatic heterocycles. The van der Waals surface area contributed by atoms with Gasteiger partial charge in [0.1, 0.15) is 0 Å². The van der Waals surface area contributed by atoms with Gasteiger partial charge in [-0.1, -0.05) is 56.2 Å². The number of esters is 1. The van der Waals surface area contributed by atoms with Crippen molar-refractivity contribution in [1.82, 2.24) is 9.47 Å². The average Bonchev–Trinajstić information content (AvgIpc) is 3.63. The van der Waals surface area contributed by atoms with Crippen molar-refractivity contribution >= 4 is 16.9 Å². The van der Waals surface area contributed by atoms with E-state index < -0.39 is 0 Å². The third-order valence-corrected chi connectivity index (χ3v) is 9.61. The van der Waals surface area contributed by atoms with Gasteiger partial charge in [-0.2, -0.15) is 0 Å². The Labute approximate surface area is 219 Å². The summed E-state index contributed by atoms with van der Waals surface area (Å²) in [6.45, 7) is 8.97. The van der Waals surface area contributed by atoms with Gasteiger partial charge >= 0.3 is 5.97 Å². The Morgan fingerprint density at radius 3 is 2.65 bits per heavy atom. The first kappa shape index (κ1) is 23.1. The standard InChI is InChI=1S/C32H36N2O3/c1-21(33-14-16-37-17-15-33)32-19-27(32)24-10-6-7-11-25(24)30-29(22-8-4-3-5-9-22)26-13-12-23(31(35)36-2)18-28(26)34(30)20-32/h6-7,10-13,18,22,27H,1,3-5,8-9,14-17,19-20H2,2H3. The van der Waals surface area contributed by atoms with Gasteiger partial charge in [0, 0.05) is 47.2 Å². The molecule has 2 atom stereocenters. The normalized spacial score (nSPS) is 25.1. The maximum Gasteiger partial charge on any atom is 0.337 e. The number of fused-ring (bicyclic) bond motifs is 7. The van der Waals surface area contributed by atoms with Crippen LogP contribution >= 0.6 is 0 Å². The smallest absolute Gasteiger partial charge is 0.337 e. The quantitative estimate of drug-likeness (QED) is 0.388. The molecule has 37 heavy (non-hydrogen) atoms. The number of hydrogen-bond acceptors (Lipinski definition) is 4. The van der Waals surface area contributed by atoms with E-state index in [-0.39, 0.29) is 11.4 Å². The van der Waals surface area contributed by atoms with Crippen molar-refractivity contribution in [1.29, 1.82) is 0 Å². The molecule has 192 valence electrons. The van der Waals surface area contributed by atoms with Gasteiger partial charge in [0.2, 0.25) is 0 Å². The fourth-order valence-electron chi connectivity index (χ4n) is 7.62. The third kappa shape index (κ3) is 3.50. The monoisotopic (exact) mass is 496 g/mol. The summed E-state index contributed by atoms with van der Waals surface area (Å²) in [5.74, 6) is 0.747. The molecule has 2 saturated carbocycles. The SMILES string of the molecule is C=C(N1CCOCC1)C12CC1c1ccccc1-c1c(C3CCCCC3)c3ccc(C(=O)OC)cc3n1C2. The van der Waals surface area contributed by atoms with Crippen LogP contribution in [0, 0.1) is 5.41 Å². The molecule has 0 N–H and O–H groups in total. The Morgan fingerprint density at radius 1 is 1.08 bits per heavy atom. The van der Waals surface area contributed by atoms with Crippen molar-refractivity contribution in [3.63, 3.8) is 0 Å². The van der Waals surface area contributed by atoms with Crippen molar-refractivity contribution in [3.8, 4) is 11.3 Å². The highest BCUT2D eigenvalue weighted by atomic mass is 16.5. The number of aromatic nitrogens is 1. The Hall–Kier alpha value is -3.05. The van der Waals surface area contributed by atoms with E-state index in [0.717, 1.165) is 44.8 Å². The average molecular weight is 497 g/mol. The summed E-state index contributed by atoms with van der Waals surface area (Å²) in [7, 11) is 1.46. The molecule has 3 heterocycles. The summed E-state index contributed by atoms with van der Waals surface area (Å²) >= 11 is 0. The molecule has 0 amide bonds. The lowest BCUT2D eigenvalue weighted by Crippen LogP contribution is -2.39. The lowest BCUT2D eigenvalue weighted by Gasteiger charge is -2.35. The lowest BCUT2D eigenvalue weighted by molar-refractivity contribution is 0.0465. The molecular weight excluding hydrogens is 460 g/mol. The van der Waals surface area contributed by atoms with Crippen LogP contribution in [0.4, 0.5) is 0 Å². The lowest BCUT2D eigenvalue weighted by atomic mass is 9.81. The second-order valence-electron chi connectivity index (χ2n) is 11.5. The minimum atomic E-state index is -0.276. The van der Waals surface area contributed by atoms with Crippen molar-refractivity contribution in [2.24, 2.45) is 5.41 Å². The minimum Gasteiger partial charge on any atom is -0.465 e. The first-order chi connectivity index (χ1) is 18.1. The number of methoxy groups -OCH3 is 1. The first-order valence-electron chi connectivity index (χ1n) is 14.0. The van der Waals surface area contributed by atoms with E-state index >= 15 is 0 Å². The molecule has 3 aromatic rings. The van der Waals surface area contributed by atoms with Crippen molar-refractivity contribution in [2.45, 2.75) is 56.9 Å². The first-order valence-corrected chi connectivity index (χ1v) is 14.0. The van der Waals surface area contributed by atoms with Crippen LogP contribution in [0.3, 0.4) is 0 Å². The second-order valence-corrected chi connectivity index (χ2v) is 11.5. The second kappa shape index (κ2) is 8.76. The van der Waals surface area contributed by atoms with E-state index in [0.29, 0.717) is 17.4 Å². The molecule has 2 aliphatic carbocycles. The zero-order valence-corrected chi connectivity index (χ0v) is 21.8. The zero-order chi connectivity index (χ0) is 25.1. The Bertz CT molecular complexity index is 1390. The minimum absolute atomic E-state index is 0.00422. The molecule has 5 heteroatoms. The summed E-state index contributed by atoms with van der Waals surface area (Å²) < 4.78 is 13.3. The van der Waals surface area contributed by atoms with E-state index in [1.54, 1.807) is 0 Å². The number of carbonyl (C=O) groups is 1. The number of carbonyl (C=O) groups excluding carboxylic acids is 1. The van der Waals surface area contributed by atoms with Crippen LogP contribution < -0.4 is 0 Å². The van der Waals surface area contributed by atoms with Crippen LogP contribution in [-0.4, -0.2) is 48.8 Å². The van der Waals surface area contributed by atoms with Crippen molar-refractivity contribution < 1.29 is 14.3 Å². The van der Waals surface area contributed by atoms with E-state index in [2.05, 4.69) is 45.9 Å². The van der Waals surface area contributed by atoms with Gasteiger partial charge in [0.15, 0.2) is 0 Å². The predicted octanol–water partition coefficient (Wildman–Crippen LogP) is 6.48. The molecule has 0 spiro atoms. The third-order valence-electron chi connectivity index (χ3n) is 9.61. The molecule has 1 saturated heterocycles. The van der Waals surface area contributed by atoms with Gasteiger partial charge in [-0.15, -0.1) is 0 Å². The summed E-state index contributed by atoms with van der Waals surface area (Å²) in [6, 6.07) is 15.3. The molecule has 1 aromatic heterocycles. The molecule has 0 radical (unpaired) electrons. The number of hydrogen-bond donors (Lipinski definition) is 0. The van der Waals surface area contributed by atoms with Gasteiger partial charge in [0.25, 0.3) is 0 Å². The molecule has 4 aliphatic rings. The van der Waals surface area contributed by atoms with Gasteiger partial charge in [-0.05, 0) is 54.4 Å². The van der Waals surface area contributed by atoms with Crippen LogP contribution in [0.2, 0.25) is 0 Å². The van der Waals surface area contributed by atoms with E-state index in [4.69, 9.17) is 16.1 Å². The van der Waals surface area contributed by atoms with Crippen molar-refractivity contribution in [2.75, 3.05) is 33.4 Å². The summed E-state index contributed by atoms with van der Waals surface area (Å²) in [6.07, 6.45) is 7.51. The molecule has 5 nitrogen and oxygen atoms in total. The van der Waals surface area contributed by atoms with Gasteiger partial charge in [-0.3, -0.25) is 0 Å². The topological polar surface area (TPSA) is 43.7 Å². The van der Waals surface area contributed by atoms with E-state index in [1.165, 1.54) is 72.7 Å². The number of benzene rings is 2. The predicted molar refractivity (Wildman–Crippen MR) is 146 cm³/mol. The summed E-state index contributed by atoms with van der Waals surface area (Å²) in [5, 5.41) is 1.30. The fourth-order valence-corrected chi connectivity index (χ4v) is 7.62. The number of nitrogens with zero attached hydrogens (tertiary/aromatic N) is 2. The molecule has 2 unspecified atom stereocenters. The van der Waals surface area contributed by atoms with Crippen LogP contribution in [0.1, 0.15) is 71.8 Å². The van der Waals surface area contributed by atoms with Gasteiger partial charge in [0.05, 0.1) is 31.6 Å². The van der Waals surface area contributed by atoms with E-state index in [9.17, 15) is 4.79 Å². The molecule has 7 rings (SSSR count). The highest BCUT2D eigenvalue weighted by molar-refractivity contribution is 5.99. The zero-order valence-electron chi connectivity index (χ0n) is 21.8. The summed E-state index contributed by atoms with van der Waals surface area (Å²) in [4.78, 5) is 15.0. The Kier molecular flexibility index (Phi) is 5.47. The van der Waals surface area contributed by atoms with Crippen LogP contribution in [0.15, 0.2) is 54.7 Å². The molecule has 0 bridgehead atoms. The Balaban J connectivity index is 1.47. The maximum absolute atomic E-state index is 12.6. The molecule has 3 fully saturated rings. The van der Waals surface area contributed by atoms with Crippen LogP contribution in [0.5, 0.6) is 0 Å². The number of ether oxygens (including phenoxy) is 2. The largest absolute Gasteiger partial charge is 0.465 e. The number of morpholine rings is 1. The molecular formula is C32H36N2O3. The van der Waals surface area contributed by atoms with Crippen molar-refractivity contribution in [3.05, 3.63) is 71.4 Å². The van der Waals surface area contributed by atoms with Gasteiger partial charge in [-0.25, -0.2) is 4.79 Å². The van der Waals surface area contributed by atoms with Crippen LogP contribution in [0.25, 0.3) is 22.2 Å². The summed E-state index contributed by atoms with van der Waals surface area (Å²) in [5.41, 5.74) is 8.74. The number of allylic oxidation sites excluding steroid dienone is 1. The highest BCUT2D eigenvalue weighted by Gasteiger charge is 2.60. The number of rotatable bonds is 4. The fraction of sp³-hybridized carbons (Fsp3) is 0.469. The molecule has 2 aromatic carbocycles. The van der Waals surface area contributed by atoms with Crippen LogP contribution in [-0.2, 0) is 16.0 Å². The van der Waals surface area contributed by atoms with E-state index in [1.807, 2.05) is 6.07 Å². The Morgan fingerprint density at radius 2 is 1.86 bits per heavy atom.